The maximum atomic E-state index is 14.2. The van der Waals surface area contributed by atoms with Gasteiger partial charge in [0, 0.05) is 16.2 Å². The van der Waals surface area contributed by atoms with Crippen molar-refractivity contribution in [2.24, 2.45) is 0 Å². The first-order valence-electron chi connectivity index (χ1n) is 15.3. The van der Waals surface area contributed by atoms with E-state index in [0.29, 0.717) is 62.1 Å². The number of unbranched alkanes of at least 4 members (excludes halogenated alkanes) is 1. The minimum absolute atomic E-state index is 0.0586. The summed E-state index contributed by atoms with van der Waals surface area (Å²) in [5.41, 5.74) is 1.75. The number of anilines is 1. The minimum Gasteiger partial charge on any atom is -0.503 e. The SMILES string of the molecule is CCCCOc1ccc(C2C(C(=O)c3cc4cccc(OC)c4o3)=C(O)C(=O)N2c2nnc(SCc3ccc(Cl)cc3)s2)cc1OCC. The second kappa shape index (κ2) is 14.7. The lowest BCUT2D eigenvalue weighted by atomic mass is 9.95. The number of fused-ring (bicyclic) bond motifs is 1. The van der Waals surface area contributed by atoms with Crippen molar-refractivity contribution in [2.75, 3.05) is 25.2 Å². The number of thioether (sulfide) groups is 1. The zero-order valence-electron chi connectivity index (χ0n) is 26.4. The number of carbonyl (C=O) groups excluding carboxylic acids is 2. The first kappa shape index (κ1) is 33.4. The van der Waals surface area contributed by atoms with Crippen molar-refractivity contribution in [3.8, 4) is 17.2 Å². The lowest BCUT2D eigenvalue weighted by molar-refractivity contribution is -0.117. The van der Waals surface area contributed by atoms with Gasteiger partial charge in [0.25, 0.3) is 5.91 Å². The van der Waals surface area contributed by atoms with Crippen LogP contribution >= 0.6 is 34.7 Å². The number of Topliss-reactive ketones (excluding diaryl/α,β-unsaturated/α-hetero) is 1. The average molecular weight is 706 g/mol. The Hall–Kier alpha value is -4.52. The molecule has 248 valence electrons. The molecule has 0 spiro atoms. The molecule has 3 heterocycles. The summed E-state index contributed by atoms with van der Waals surface area (Å²) in [6, 6.07) is 18.5. The third-order valence-corrected chi connectivity index (χ3v) is 10.00. The Morgan fingerprint density at radius 1 is 1.04 bits per heavy atom. The number of halogens is 1. The van der Waals surface area contributed by atoms with Gasteiger partial charge in [0.05, 0.1) is 31.9 Å². The highest BCUT2D eigenvalue weighted by Gasteiger charge is 2.47. The summed E-state index contributed by atoms with van der Waals surface area (Å²) in [6.45, 7) is 4.80. The second-order valence-corrected chi connectivity index (χ2v) is 13.4. The maximum absolute atomic E-state index is 14.2. The number of furan rings is 1. The van der Waals surface area contributed by atoms with Crippen LogP contribution in [0.25, 0.3) is 11.0 Å². The van der Waals surface area contributed by atoms with Gasteiger partial charge in [-0.15, -0.1) is 10.2 Å². The highest BCUT2D eigenvalue weighted by Crippen LogP contribution is 2.46. The number of ketones is 1. The van der Waals surface area contributed by atoms with E-state index in [0.717, 1.165) is 18.4 Å². The van der Waals surface area contributed by atoms with Crippen LogP contribution in [0.3, 0.4) is 0 Å². The minimum atomic E-state index is -1.08. The first-order chi connectivity index (χ1) is 23.3. The number of amides is 1. The van der Waals surface area contributed by atoms with Gasteiger partial charge >= 0.3 is 0 Å². The molecule has 0 radical (unpaired) electrons. The third-order valence-electron chi connectivity index (χ3n) is 7.62. The van der Waals surface area contributed by atoms with Crippen LogP contribution in [0, 0.1) is 0 Å². The Bertz CT molecular complexity index is 1990. The van der Waals surface area contributed by atoms with Crippen molar-refractivity contribution in [1.29, 1.82) is 0 Å². The molecule has 10 nitrogen and oxygen atoms in total. The number of benzene rings is 3. The molecule has 1 atom stereocenters. The number of carbonyl (C=O) groups is 2. The lowest BCUT2D eigenvalue weighted by Gasteiger charge is -2.24. The largest absolute Gasteiger partial charge is 0.503 e. The van der Waals surface area contributed by atoms with E-state index in [2.05, 4.69) is 17.1 Å². The van der Waals surface area contributed by atoms with Gasteiger partial charge in [-0.05, 0) is 60.9 Å². The molecule has 2 aromatic heterocycles. The monoisotopic (exact) mass is 705 g/mol. The van der Waals surface area contributed by atoms with Crippen LogP contribution in [0.15, 0.2) is 86.8 Å². The van der Waals surface area contributed by atoms with Gasteiger partial charge in [-0.3, -0.25) is 14.5 Å². The van der Waals surface area contributed by atoms with Crippen molar-refractivity contribution in [1.82, 2.24) is 10.2 Å². The predicted molar refractivity (Wildman–Crippen MR) is 186 cm³/mol. The molecule has 0 fully saturated rings. The van der Waals surface area contributed by atoms with Gasteiger partial charge in [-0.1, -0.05) is 78.4 Å². The maximum Gasteiger partial charge on any atom is 0.296 e. The lowest BCUT2D eigenvalue weighted by Crippen LogP contribution is -2.31. The summed E-state index contributed by atoms with van der Waals surface area (Å²) in [7, 11) is 1.51. The van der Waals surface area contributed by atoms with E-state index in [1.54, 1.807) is 42.5 Å². The number of hydrogen-bond acceptors (Lipinski definition) is 11. The van der Waals surface area contributed by atoms with Crippen molar-refractivity contribution < 1.29 is 33.3 Å². The van der Waals surface area contributed by atoms with Crippen molar-refractivity contribution in [2.45, 2.75) is 42.8 Å². The van der Waals surface area contributed by atoms with Gasteiger partial charge in [0.1, 0.15) is 0 Å². The van der Waals surface area contributed by atoms with Crippen LogP contribution in [-0.2, 0) is 10.5 Å². The van der Waals surface area contributed by atoms with Crippen LogP contribution in [0.1, 0.15) is 54.4 Å². The van der Waals surface area contributed by atoms with Gasteiger partial charge in [0.15, 0.2) is 38.7 Å². The summed E-state index contributed by atoms with van der Waals surface area (Å²) < 4.78 is 23.9. The van der Waals surface area contributed by atoms with E-state index >= 15 is 0 Å². The Kier molecular flexibility index (Phi) is 10.2. The summed E-state index contributed by atoms with van der Waals surface area (Å²) in [5, 5.41) is 21.5. The first-order valence-corrected chi connectivity index (χ1v) is 17.5. The fourth-order valence-electron chi connectivity index (χ4n) is 5.28. The molecule has 1 N–H and O–H groups in total. The molecule has 1 aliphatic rings. The highest BCUT2D eigenvalue weighted by atomic mass is 35.5. The second-order valence-electron chi connectivity index (χ2n) is 10.8. The summed E-state index contributed by atoms with van der Waals surface area (Å²) >= 11 is 8.65. The molecule has 1 unspecified atom stereocenters. The molecular formula is C35H32ClN3O7S2. The summed E-state index contributed by atoms with van der Waals surface area (Å²) in [4.78, 5) is 29.4. The Morgan fingerprint density at radius 3 is 2.60 bits per heavy atom. The number of hydrogen-bond donors (Lipinski definition) is 1. The number of nitrogens with zero attached hydrogens (tertiary/aromatic N) is 3. The molecule has 1 aliphatic heterocycles. The molecule has 1 amide bonds. The van der Waals surface area contributed by atoms with Crippen LogP contribution in [0.4, 0.5) is 5.13 Å². The van der Waals surface area contributed by atoms with Crippen LogP contribution in [0.5, 0.6) is 17.2 Å². The smallest absolute Gasteiger partial charge is 0.296 e. The van der Waals surface area contributed by atoms with E-state index in [9.17, 15) is 14.7 Å². The van der Waals surface area contributed by atoms with E-state index in [1.807, 2.05) is 31.2 Å². The van der Waals surface area contributed by atoms with Crippen LogP contribution < -0.4 is 19.1 Å². The number of methoxy groups -OCH3 is 1. The van der Waals surface area contributed by atoms with E-state index in [1.165, 1.54) is 35.1 Å². The molecule has 13 heteroatoms. The van der Waals surface area contributed by atoms with Crippen molar-refractivity contribution >= 4 is 62.5 Å². The standard InChI is InChI=1S/C35H32ClN3O7S2/c1-4-6-16-45-24-15-12-21(17-26(24)44-5-2)29-28(30(40)27-18-22-8-7-9-25(43-3)32(22)46-27)31(41)33(42)39(29)34-37-38-35(48-34)47-19-20-10-13-23(36)14-11-20/h7-15,17-18,29,41H,4-6,16,19H2,1-3H3. The van der Waals surface area contributed by atoms with E-state index in [-0.39, 0.29) is 16.5 Å². The van der Waals surface area contributed by atoms with Gasteiger partial charge in [-0.25, -0.2) is 0 Å². The van der Waals surface area contributed by atoms with Crippen LogP contribution in [-0.4, -0.2) is 47.3 Å². The normalized spacial score (nSPS) is 14.6. The topological polar surface area (TPSA) is 124 Å². The molecular weight excluding hydrogens is 674 g/mol. The zero-order chi connectivity index (χ0) is 33.8. The van der Waals surface area contributed by atoms with E-state index < -0.39 is 23.5 Å². The molecule has 0 saturated carbocycles. The number of ether oxygens (including phenoxy) is 3. The fourth-order valence-corrected chi connectivity index (χ4v) is 7.23. The molecule has 5 aromatic rings. The fraction of sp³-hybridized carbons (Fsp3) is 0.257. The molecule has 6 rings (SSSR count). The molecule has 0 saturated heterocycles. The van der Waals surface area contributed by atoms with Gasteiger partial charge < -0.3 is 23.7 Å². The van der Waals surface area contributed by atoms with Crippen molar-refractivity contribution in [3.63, 3.8) is 0 Å². The number of rotatable bonds is 14. The van der Waals surface area contributed by atoms with Gasteiger partial charge in [-0.2, -0.15) is 0 Å². The highest BCUT2D eigenvalue weighted by molar-refractivity contribution is 8.00. The van der Waals surface area contributed by atoms with E-state index in [4.69, 9.17) is 30.2 Å². The summed E-state index contributed by atoms with van der Waals surface area (Å²) in [5.74, 6) is -0.181. The summed E-state index contributed by atoms with van der Waals surface area (Å²) in [6.07, 6.45) is 1.83. The Morgan fingerprint density at radius 2 is 1.85 bits per heavy atom. The average Bonchev–Trinajstić information content (AvgIpc) is 3.81. The number of para-hydroxylation sites is 1. The van der Waals surface area contributed by atoms with Gasteiger partial charge in [0.2, 0.25) is 10.9 Å². The Labute approximate surface area is 290 Å². The number of aliphatic hydroxyl groups is 1. The zero-order valence-corrected chi connectivity index (χ0v) is 28.8. The quantitative estimate of drug-likeness (QED) is 0.0520. The van der Waals surface area contributed by atoms with Crippen LogP contribution in [0.2, 0.25) is 5.02 Å². The predicted octanol–water partition coefficient (Wildman–Crippen LogP) is 8.60. The molecule has 48 heavy (non-hydrogen) atoms. The molecule has 0 bridgehead atoms. The van der Waals surface area contributed by atoms with Crippen molar-refractivity contribution in [3.05, 3.63) is 100.0 Å². The number of aromatic nitrogens is 2. The number of aliphatic hydroxyl groups excluding tert-OH is 1. The molecule has 3 aromatic carbocycles. The molecule has 0 aliphatic carbocycles. The Balaban J connectivity index is 1.40. The third kappa shape index (κ3) is 6.73.